The SMILES string of the molecule is Cc1cccc(-c2sc(C)nc2C(=O)N2C[C@H]3CC3[C@H]2CNC(=O)c2ccc(C)c(C)c2)c1. The van der Waals surface area contributed by atoms with Crippen molar-refractivity contribution < 1.29 is 9.59 Å². The molecule has 1 saturated heterocycles. The molecule has 1 saturated carbocycles. The van der Waals surface area contributed by atoms with E-state index in [-0.39, 0.29) is 17.9 Å². The molecule has 1 aromatic heterocycles. The number of rotatable bonds is 5. The molecule has 170 valence electrons. The van der Waals surface area contributed by atoms with Crippen molar-refractivity contribution >= 4 is 23.2 Å². The summed E-state index contributed by atoms with van der Waals surface area (Å²) in [7, 11) is 0. The van der Waals surface area contributed by atoms with Crippen LogP contribution in [0.3, 0.4) is 0 Å². The van der Waals surface area contributed by atoms with Gasteiger partial charge in [0.1, 0.15) is 5.69 Å². The van der Waals surface area contributed by atoms with Crippen LogP contribution in [-0.2, 0) is 0 Å². The van der Waals surface area contributed by atoms with Crippen molar-refractivity contribution in [1.29, 1.82) is 0 Å². The first-order chi connectivity index (χ1) is 15.8. The highest BCUT2D eigenvalue weighted by molar-refractivity contribution is 7.15. The molecule has 33 heavy (non-hydrogen) atoms. The Morgan fingerprint density at radius 2 is 1.91 bits per heavy atom. The number of likely N-dealkylation sites (tertiary alicyclic amines) is 1. The number of fused-ring (bicyclic) bond motifs is 1. The molecule has 6 heteroatoms. The first-order valence-corrected chi connectivity index (χ1v) is 12.3. The zero-order valence-corrected chi connectivity index (χ0v) is 20.3. The fourth-order valence-corrected chi connectivity index (χ4v) is 5.85. The highest BCUT2D eigenvalue weighted by Crippen LogP contribution is 2.50. The van der Waals surface area contributed by atoms with Gasteiger partial charge in [-0.25, -0.2) is 4.98 Å². The van der Waals surface area contributed by atoms with Crippen LogP contribution in [0.4, 0.5) is 0 Å². The Hall–Kier alpha value is -2.99. The molecular weight excluding hydrogens is 430 g/mol. The molecular formula is C27H29N3O2S. The number of aromatic nitrogens is 1. The molecule has 0 bridgehead atoms. The van der Waals surface area contributed by atoms with Gasteiger partial charge in [-0.1, -0.05) is 35.9 Å². The lowest BCUT2D eigenvalue weighted by atomic mass is 10.1. The number of hydrogen-bond donors (Lipinski definition) is 1. The van der Waals surface area contributed by atoms with Gasteiger partial charge in [0.2, 0.25) is 0 Å². The summed E-state index contributed by atoms with van der Waals surface area (Å²) in [4.78, 5) is 34.0. The van der Waals surface area contributed by atoms with E-state index in [2.05, 4.69) is 29.4 Å². The van der Waals surface area contributed by atoms with E-state index in [9.17, 15) is 9.59 Å². The van der Waals surface area contributed by atoms with E-state index in [1.807, 2.05) is 56.0 Å². The van der Waals surface area contributed by atoms with E-state index >= 15 is 0 Å². The predicted molar refractivity (Wildman–Crippen MR) is 132 cm³/mol. The second kappa shape index (κ2) is 8.41. The monoisotopic (exact) mass is 459 g/mol. The van der Waals surface area contributed by atoms with E-state index in [4.69, 9.17) is 0 Å². The molecule has 2 aromatic carbocycles. The number of carbonyl (C=O) groups excluding carboxylic acids is 2. The number of benzene rings is 2. The summed E-state index contributed by atoms with van der Waals surface area (Å²) >= 11 is 1.57. The van der Waals surface area contributed by atoms with Gasteiger partial charge in [-0.05, 0) is 74.8 Å². The van der Waals surface area contributed by atoms with Crippen LogP contribution in [-0.4, -0.2) is 40.8 Å². The van der Waals surface area contributed by atoms with Gasteiger partial charge in [0, 0.05) is 18.7 Å². The van der Waals surface area contributed by atoms with Crippen molar-refractivity contribution in [2.24, 2.45) is 11.8 Å². The maximum atomic E-state index is 13.7. The molecule has 2 fully saturated rings. The van der Waals surface area contributed by atoms with Gasteiger partial charge in [0.25, 0.3) is 11.8 Å². The number of piperidine rings is 1. The van der Waals surface area contributed by atoms with Crippen molar-refractivity contribution in [3.05, 3.63) is 75.4 Å². The van der Waals surface area contributed by atoms with Crippen LogP contribution in [0.25, 0.3) is 10.4 Å². The third-order valence-electron chi connectivity index (χ3n) is 7.02. The molecule has 3 aromatic rings. The molecule has 5 rings (SSSR count). The quantitative estimate of drug-likeness (QED) is 0.588. The van der Waals surface area contributed by atoms with Crippen molar-refractivity contribution in [1.82, 2.24) is 15.2 Å². The molecule has 0 spiro atoms. The van der Waals surface area contributed by atoms with Gasteiger partial charge < -0.3 is 10.2 Å². The van der Waals surface area contributed by atoms with Crippen LogP contribution < -0.4 is 5.32 Å². The summed E-state index contributed by atoms with van der Waals surface area (Å²) in [5.74, 6) is 0.906. The molecule has 2 amide bonds. The number of hydrogen-bond acceptors (Lipinski definition) is 4. The van der Waals surface area contributed by atoms with E-state index in [0.717, 1.165) is 39.5 Å². The van der Waals surface area contributed by atoms with Crippen molar-refractivity contribution in [3.63, 3.8) is 0 Å². The van der Waals surface area contributed by atoms with Crippen LogP contribution in [0.5, 0.6) is 0 Å². The largest absolute Gasteiger partial charge is 0.350 e. The van der Waals surface area contributed by atoms with E-state index in [0.29, 0.717) is 29.6 Å². The topological polar surface area (TPSA) is 62.3 Å². The predicted octanol–water partition coefficient (Wildman–Crippen LogP) is 4.93. The lowest BCUT2D eigenvalue weighted by Crippen LogP contribution is -2.45. The van der Waals surface area contributed by atoms with Crippen LogP contribution in [0, 0.1) is 39.5 Å². The molecule has 3 atom stereocenters. The zero-order chi connectivity index (χ0) is 23.3. The second-order valence-corrected chi connectivity index (χ2v) is 10.7. The van der Waals surface area contributed by atoms with Crippen molar-refractivity contribution in [3.8, 4) is 10.4 Å². The summed E-state index contributed by atoms with van der Waals surface area (Å²) in [6.07, 6.45) is 1.13. The minimum Gasteiger partial charge on any atom is -0.350 e. The van der Waals surface area contributed by atoms with Gasteiger partial charge in [0.15, 0.2) is 0 Å². The fourth-order valence-electron chi connectivity index (χ4n) is 4.94. The van der Waals surface area contributed by atoms with Crippen molar-refractivity contribution in [2.45, 2.75) is 40.2 Å². The van der Waals surface area contributed by atoms with Crippen LogP contribution in [0.2, 0.25) is 0 Å². The highest BCUT2D eigenvalue weighted by Gasteiger charge is 2.54. The van der Waals surface area contributed by atoms with Crippen LogP contribution in [0.1, 0.15) is 49.0 Å². The molecule has 1 aliphatic carbocycles. The fraction of sp³-hybridized carbons (Fsp3) is 0.370. The van der Waals surface area contributed by atoms with Gasteiger partial charge >= 0.3 is 0 Å². The number of carbonyl (C=O) groups is 2. The molecule has 2 aliphatic rings. The smallest absolute Gasteiger partial charge is 0.274 e. The van der Waals surface area contributed by atoms with Gasteiger partial charge in [-0.15, -0.1) is 11.3 Å². The first-order valence-electron chi connectivity index (χ1n) is 11.5. The standard InChI is InChI=1S/C27H29N3O2S/c1-15-6-5-7-19(10-15)25-24(29-18(4)33-25)27(32)30-14-21-12-22(21)23(30)13-28-26(31)20-9-8-16(2)17(3)11-20/h5-11,21-23H,12-14H2,1-4H3,(H,28,31)/t21-,22?,23-/m1/s1. The van der Waals surface area contributed by atoms with Crippen LogP contribution in [0.15, 0.2) is 42.5 Å². The summed E-state index contributed by atoms with van der Waals surface area (Å²) < 4.78 is 0. The van der Waals surface area contributed by atoms with Gasteiger partial charge in [-0.2, -0.15) is 0 Å². The van der Waals surface area contributed by atoms with Gasteiger partial charge in [-0.3, -0.25) is 9.59 Å². The van der Waals surface area contributed by atoms with Crippen LogP contribution >= 0.6 is 11.3 Å². The highest BCUT2D eigenvalue weighted by atomic mass is 32.1. The molecule has 5 nitrogen and oxygen atoms in total. The Bertz CT molecular complexity index is 1250. The Morgan fingerprint density at radius 3 is 2.67 bits per heavy atom. The minimum absolute atomic E-state index is 0.0189. The Kier molecular flexibility index (Phi) is 5.57. The average Bonchev–Trinajstić information content (AvgIpc) is 3.30. The minimum atomic E-state index is -0.0837. The average molecular weight is 460 g/mol. The second-order valence-electron chi connectivity index (χ2n) is 9.47. The third-order valence-corrected chi connectivity index (χ3v) is 8.04. The molecule has 0 radical (unpaired) electrons. The van der Waals surface area contributed by atoms with E-state index < -0.39 is 0 Å². The first kappa shape index (κ1) is 21.8. The summed E-state index contributed by atoms with van der Waals surface area (Å²) in [6.45, 7) is 9.28. The normalized spacial score (nSPS) is 21.1. The Labute approximate surface area is 198 Å². The maximum absolute atomic E-state index is 13.7. The lowest BCUT2D eigenvalue weighted by Gasteiger charge is -2.27. The number of amides is 2. The number of aryl methyl sites for hydroxylation is 4. The molecule has 2 heterocycles. The van der Waals surface area contributed by atoms with E-state index in [1.54, 1.807) is 11.3 Å². The summed E-state index contributed by atoms with van der Waals surface area (Å²) in [5.41, 5.74) is 5.67. The Balaban J connectivity index is 1.35. The Morgan fingerprint density at radius 1 is 1.09 bits per heavy atom. The number of thiazole rings is 1. The number of nitrogens with zero attached hydrogens (tertiary/aromatic N) is 2. The molecule has 1 unspecified atom stereocenters. The van der Waals surface area contributed by atoms with Crippen molar-refractivity contribution in [2.75, 3.05) is 13.1 Å². The maximum Gasteiger partial charge on any atom is 0.274 e. The zero-order valence-electron chi connectivity index (χ0n) is 19.5. The summed E-state index contributed by atoms with van der Waals surface area (Å²) in [5, 5.41) is 3.98. The van der Waals surface area contributed by atoms with Gasteiger partial charge in [0.05, 0.1) is 15.9 Å². The molecule has 1 N–H and O–H groups in total. The third kappa shape index (κ3) is 4.20. The molecule has 1 aliphatic heterocycles. The van der Waals surface area contributed by atoms with E-state index in [1.165, 1.54) is 5.56 Å². The lowest BCUT2D eigenvalue weighted by molar-refractivity contribution is 0.0690. The number of nitrogens with one attached hydrogen (secondary N) is 1. The summed E-state index contributed by atoms with van der Waals surface area (Å²) in [6, 6.07) is 14.0.